The van der Waals surface area contributed by atoms with Gasteiger partial charge in [-0.2, -0.15) is 5.26 Å². The SMILES string of the molecule is Cc1ccc(-c2c(C)noc2C)cc1N(CC1CCN(CC2CNC2)CC1)c1ccc(C2(C#N)CC2)cc1. The predicted molar refractivity (Wildman–Crippen MR) is 152 cm³/mol. The van der Waals surface area contributed by atoms with Crippen LogP contribution >= 0.6 is 0 Å². The first-order chi connectivity index (χ1) is 18.5. The van der Waals surface area contributed by atoms with Gasteiger partial charge in [-0.1, -0.05) is 29.4 Å². The number of hydrogen-bond donors (Lipinski definition) is 1. The second-order valence-corrected chi connectivity index (χ2v) is 11.8. The van der Waals surface area contributed by atoms with Crippen molar-refractivity contribution in [2.24, 2.45) is 11.8 Å². The van der Waals surface area contributed by atoms with Gasteiger partial charge in [-0.05, 0) is 106 Å². The fourth-order valence-corrected chi connectivity index (χ4v) is 6.30. The van der Waals surface area contributed by atoms with E-state index in [0.29, 0.717) is 5.92 Å². The van der Waals surface area contributed by atoms with E-state index in [0.717, 1.165) is 53.4 Å². The van der Waals surface area contributed by atoms with Crippen molar-refractivity contribution >= 4 is 11.4 Å². The summed E-state index contributed by atoms with van der Waals surface area (Å²) < 4.78 is 5.50. The molecule has 0 bridgehead atoms. The fraction of sp³-hybridized carbons (Fsp3) is 0.500. The van der Waals surface area contributed by atoms with Gasteiger partial charge in [-0.25, -0.2) is 0 Å². The normalized spacial score (nSPS) is 19.6. The minimum absolute atomic E-state index is 0.259. The first-order valence-electron chi connectivity index (χ1n) is 14.2. The van der Waals surface area contributed by atoms with E-state index in [9.17, 15) is 5.26 Å². The average Bonchev–Trinajstić information content (AvgIpc) is 3.65. The highest BCUT2D eigenvalue weighted by Crippen LogP contribution is 2.48. The number of benzene rings is 2. The smallest absolute Gasteiger partial charge is 0.141 e. The molecule has 1 saturated carbocycles. The third-order valence-corrected chi connectivity index (χ3v) is 9.05. The largest absolute Gasteiger partial charge is 0.361 e. The highest BCUT2D eigenvalue weighted by atomic mass is 16.5. The van der Waals surface area contributed by atoms with Crippen molar-refractivity contribution in [2.45, 2.75) is 51.9 Å². The molecule has 3 heterocycles. The number of aromatic nitrogens is 1. The minimum atomic E-state index is -0.259. The summed E-state index contributed by atoms with van der Waals surface area (Å²) in [5.41, 5.74) is 7.75. The van der Waals surface area contributed by atoms with Gasteiger partial charge < -0.3 is 19.6 Å². The summed E-state index contributed by atoms with van der Waals surface area (Å²) in [5.74, 6) is 2.33. The lowest BCUT2D eigenvalue weighted by atomic mass is 9.93. The van der Waals surface area contributed by atoms with Crippen LogP contribution in [0.3, 0.4) is 0 Å². The molecule has 1 aliphatic carbocycles. The van der Waals surface area contributed by atoms with Crippen LogP contribution in [0.4, 0.5) is 11.4 Å². The molecule has 2 aliphatic heterocycles. The fourth-order valence-electron chi connectivity index (χ4n) is 6.30. The molecule has 0 atom stereocenters. The number of nitrogens with zero attached hydrogens (tertiary/aromatic N) is 4. The Morgan fingerprint density at radius 3 is 2.37 bits per heavy atom. The summed E-state index contributed by atoms with van der Waals surface area (Å²) >= 11 is 0. The van der Waals surface area contributed by atoms with E-state index in [1.165, 1.54) is 62.5 Å². The number of piperidine rings is 1. The van der Waals surface area contributed by atoms with Gasteiger partial charge in [-0.3, -0.25) is 0 Å². The molecule has 0 spiro atoms. The Hall–Kier alpha value is -3.14. The molecule has 3 aromatic rings. The Morgan fingerprint density at radius 2 is 1.79 bits per heavy atom. The van der Waals surface area contributed by atoms with Gasteiger partial charge in [0.25, 0.3) is 0 Å². The lowest BCUT2D eigenvalue weighted by molar-refractivity contribution is 0.143. The average molecular weight is 510 g/mol. The molecular weight excluding hydrogens is 470 g/mol. The lowest BCUT2D eigenvalue weighted by Gasteiger charge is -2.39. The molecule has 2 saturated heterocycles. The summed E-state index contributed by atoms with van der Waals surface area (Å²) in [6.07, 6.45) is 4.41. The number of aryl methyl sites for hydroxylation is 3. The third kappa shape index (κ3) is 4.86. The predicted octanol–water partition coefficient (Wildman–Crippen LogP) is 5.89. The van der Waals surface area contributed by atoms with Gasteiger partial charge in [0.2, 0.25) is 0 Å². The quantitative estimate of drug-likeness (QED) is 0.408. The third-order valence-electron chi connectivity index (χ3n) is 9.05. The van der Waals surface area contributed by atoms with Crippen molar-refractivity contribution in [1.82, 2.24) is 15.4 Å². The summed E-state index contributed by atoms with van der Waals surface area (Å²) in [6.45, 7) is 13.2. The number of likely N-dealkylation sites (tertiary alicyclic amines) is 1. The van der Waals surface area contributed by atoms with Crippen molar-refractivity contribution in [2.75, 3.05) is 44.2 Å². The molecule has 6 rings (SSSR count). The molecule has 1 N–H and O–H groups in total. The van der Waals surface area contributed by atoms with Crippen LogP contribution in [-0.2, 0) is 5.41 Å². The molecule has 6 nitrogen and oxygen atoms in total. The Labute approximate surface area is 226 Å². The summed E-state index contributed by atoms with van der Waals surface area (Å²) in [5, 5.41) is 17.3. The standard InChI is InChI=1S/C32H39N5O/c1-22-4-5-27(31-23(2)35-38-24(31)3)16-30(22)37(29-8-6-28(7-9-29)32(21-33)12-13-32)20-25-10-14-36(15-11-25)19-26-17-34-18-26/h4-9,16,25-26,34H,10-15,17-20H2,1-3H3. The van der Waals surface area contributed by atoms with Gasteiger partial charge in [-0.15, -0.1) is 0 Å². The minimum Gasteiger partial charge on any atom is -0.361 e. The molecule has 3 aliphatic rings. The maximum Gasteiger partial charge on any atom is 0.141 e. The van der Waals surface area contributed by atoms with Gasteiger partial charge in [0.15, 0.2) is 0 Å². The first-order valence-corrected chi connectivity index (χ1v) is 14.2. The van der Waals surface area contributed by atoms with Crippen LogP contribution in [0.1, 0.15) is 48.3 Å². The summed E-state index contributed by atoms with van der Waals surface area (Å²) in [4.78, 5) is 5.18. The van der Waals surface area contributed by atoms with Crippen molar-refractivity contribution in [3.63, 3.8) is 0 Å². The summed E-state index contributed by atoms with van der Waals surface area (Å²) in [7, 11) is 0. The molecule has 0 unspecified atom stereocenters. The number of rotatable bonds is 8. The van der Waals surface area contributed by atoms with Crippen LogP contribution in [0.15, 0.2) is 47.0 Å². The maximum atomic E-state index is 9.70. The molecular formula is C32H39N5O. The van der Waals surface area contributed by atoms with Crippen molar-refractivity contribution < 1.29 is 4.52 Å². The number of nitrogens with one attached hydrogen (secondary N) is 1. The van der Waals surface area contributed by atoms with Crippen LogP contribution in [0.25, 0.3) is 11.1 Å². The second-order valence-electron chi connectivity index (χ2n) is 11.8. The molecule has 1 aromatic heterocycles. The van der Waals surface area contributed by atoms with E-state index in [-0.39, 0.29) is 5.41 Å². The van der Waals surface area contributed by atoms with Crippen LogP contribution in [0, 0.1) is 43.9 Å². The van der Waals surface area contributed by atoms with Gasteiger partial charge in [0.1, 0.15) is 5.76 Å². The lowest BCUT2D eigenvalue weighted by Crippen LogP contribution is -2.50. The molecule has 2 aromatic carbocycles. The molecule has 0 radical (unpaired) electrons. The molecule has 198 valence electrons. The van der Waals surface area contributed by atoms with Crippen molar-refractivity contribution in [3.8, 4) is 17.2 Å². The van der Waals surface area contributed by atoms with Crippen LogP contribution in [0.2, 0.25) is 0 Å². The zero-order valence-corrected chi connectivity index (χ0v) is 23.0. The van der Waals surface area contributed by atoms with Crippen molar-refractivity contribution in [1.29, 1.82) is 5.26 Å². The van der Waals surface area contributed by atoms with Gasteiger partial charge >= 0.3 is 0 Å². The number of anilines is 2. The highest BCUT2D eigenvalue weighted by Gasteiger charge is 2.44. The molecule has 38 heavy (non-hydrogen) atoms. The molecule has 3 fully saturated rings. The Morgan fingerprint density at radius 1 is 1.05 bits per heavy atom. The second kappa shape index (κ2) is 10.2. The van der Waals surface area contributed by atoms with E-state index in [1.807, 2.05) is 13.8 Å². The van der Waals surface area contributed by atoms with E-state index in [1.54, 1.807) is 0 Å². The van der Waals surface area contributed by atoms with Gasteiger partial charge in [0, 0.05) is 43.1 Å². The van der Waals surface area contributed by atoms with E-state index >= 15 is 0 Å². The Kier molecular flexibility index (Phi) is 6.75. The molecule has 6 heteroatoms. The zero-order chi connectivity index (χ0) is 26.3. The molecule has 0 amide bonds. The van der Waals surface area contributed by atoms with E-state index < -0.39 is 0 Å². The van der Waals surface area contributed by atoms with Crippen LogP contribution in [-0.4, -0.2) is 49.3 Å². The van der Waals surface area contributed by atoms with Crippen molar-refractivity contribution in [3.05, 3.63) is 65.0 Å². The zero-order valence-electron chi connectivity index (χ0n) is 23.0. The highest BCUT2D eigenvalue weighted by molar-refractivity contribution is 5.76. The monoisotopic (exact) mass is 509 g/mol. The summed E-state index contributed by atoms with van der Waals surface area (Å²) in [6, 6.07) is 18.1. The van der Waals surface area contributed by atoms with E-state index in [4.69, 9.17) is 4.52 Å². The van der Waals surface area contributed by atoms with Gasteiger partial charge in [0.05, 0.1) is 17.2 Å². The Balaban J connectivity index is 1.29. The van der Waals surface area contributed by atoms with Crippen LogP contribution < -0.4 is 10.2 Å². The first kappa shape index (κ1) is 25.2. The van der Waals surface area contributed by atoms with E-state index in [2.05, 4.69) is 75.7 Å². The van der Waals surface area contributed by atoms with Crippen LogP contribution in [0.5, 0.6) is 0 Å². The number of hydrogen-bond acceptors (Lipinski definition) is 6. The Bertz CT molecular complexity index is 1300. The number of nitriles is 1. The topological polar surface area (TPSA) is 68.3 Å². The maximum absolute atomic E-state index is 9.70.